The fraction of sp³-hybridized carbons (Fsp3) is 0. The normalized spacial score (nSPS) is 11.7. The zero-order chi connectivity index (χ0) is 29.9. The van der Waals surface area contributed by atoms with Gasteiger partial charge in [-0.1, -0.05) is 75.8 Å². The summed E-state index contributed by atoms with van der Waals surface area (Å²) in [5.74, 6) is 0.582. The summed E-state index contributed by atoms with van der Waals surface area (Å²) in [5, 5.41) is 2.97. The first-order valence-electron chi connectivity index (χ1n) is 14.5. The molecule has 0 saturated heterocycles. The molecule has 0 amide bonds. The summed E-state index contributed by atoms with van der Waals surface area (Å²) in [6.07, 6.45) is 0. The molecule has 0 aliphatic rings. The molecule has 0 atom stereocenters. The van der Waals surface area contributed by atoms with Gasteiger partial charge in [0, 0.05) is 32.2 Å². The van der Waals surface area contributed by atoms with Crippen molar-refractivity contribution in [3.63, 3.8) is 0 Å². The summed E-state index contributed by atoms with van der Waals surface area (Å²) >= 11 is 5.27. The van der Waals surface area contributed by atoms with Crippen LogP contribution in [0.15, 0.2) is 147 Å². The first kappa shape index (κ1) is 26.2. The standard InChI is InChI=1S/C38H22BrN3O2S/c39-26-9-5-7-23(19-26)24-15-17-33-29(21-24)30-22-28(16-18-34(30)43-33)42(38-41-32-12-2-4-14-36(32)45-38)27-10-6-8-25(20-27)37-40-31-11-1-3-13-35(31)44-37/h1-22H. The minimum absolute atomic E-state index is 0.582. The molecule has 3 heterocycles. The molecule has 0 saturated carbocycles. The van der Waals surface area contributed by atoms with E-state index in [1.165, 1.54) is 0 Å². The molecule has 0 aliphatic carbocycles. The molecule has 9 rings (SSSR count). The number of hydrogen-bond donors (Lipinski definition) is 0. The van der Waals surface area contributed by atoms with Gasteiger partial charge < -0.3 is 8.83 Å². The molecule has 3 aromatic heterocycles. The Morgan fingerprint density at radius 3 is 2.13 bits per heavy atom. The van der Waals surface area contributed by atoms with Gasteiger partial charge in [-0.05, 0) is 96.1 Å². The van der Waals surface area contributed by atoms with Crippen molar-refractivity contribution >= 4 is 87.0 Å². The molecule has 0 unspecified atom stereocenters. The maximum Gasteiger partial charge on any atom is 0.227 e. The molecular formula is C38H22BrN3O2S. The van der Waals surface area contributed by atoms with Gasteiger partial charge in [0.1, 0.15) is 16.7 Å². The molecule has 45 heavy (non-hydrogen) atoms. The van der Waals surface area contributed by atoms with Crippen LogP contribution in [0.25, 0.3) is 65.8 Å². The largest absolute Gasteiger partial charge is 0.456 e. The maximum atomic E-state index is 6.31. The average Bonchev–Trinajstić information content (AvgIpc) is 3.80. The third kappa shape index (κ3) is 4.60. The van der Waals surface area contributed by atoms with Gasteiger partial charge in [-0.25, -0.2) is 9.97 Å². The Labute approximate surface area is 270 Å². The van der Waals surface area contributed by atoms with Crippen molar-refractivity contribution in [2.75, 3.05) is 4.90 Å². The van der Waals surface area contributed by atoms with Crippen LogP contribution in [0.4, 0.5) is 16.5 Å². The van der Waals surface area contributed by atoms with Gasteiger partial charge >= 0.3 is 0 Å². The number of rotatable bonds is 5. The molecule has 6 aromatic carbocycles. The van der Waals surface area contributed by atoms with Crippen LogP contribution >= 0.6 is 27.3 Å². The summed E-state index contributed by atoms with van der Waals surface area (Å²) in [6.45, 7) is 0. The molecule has 9 aromatic rings. The summed E-state index contributed by atoms with van der Waals surface area (Å²) in [4.78, 5) is 12.0. The highest BCUT2D eigenvalue weighted by molar-refractivity contribution is 9.10. The molecule has 0 aliphatic heterocycles. The van der Waals surface area contributed by atoms with E-state index in [0.29, 0.717) is 5.89 Å². The van der Waals surface area contributed by atoms with Crippen molar-refractivity contribution in [2.24, 2.45) is 0 Å². The summed E-state index contributed by atoms with van der Waals surface area (Å²) in [5.41, 5.74) is 9.35. The SMILES string of the molecule is Brc1cccc(-c2ccc3oc4ccc(N(c5cccc(-c6nc7ccccc7o6)c5)c5nc6ccccc6s5)cc4c3c2)c1. The van der Waals surface area contributed by atoms with Crippen LogP contribution in [0.5, 0.6) is 0 Å². The Balaban J connectivity index is 1.22. The van der Waals surface area contributed by atoms with E-state index < -0.39 is 0 Å². The Morgan fingerprint density at radius 1 is 0.533 bits per heavy atom. The van der Waals surface area contributed by atoms with E-state index >= 15 is 0 Å². The van der Waals surface area contributed by atoms with E-state index in [1.54, 1.807) is 11.3 Å². The number of aromatic nitrogens is 2. The van der Waals surface area contributed by atoms with Crippen molar-refractivity contribution in [1.29, 1.82) is 0 Å². The van der Waals surface area contributed by atoms with Crippen LogP contribution in [0, 0.1) is 0 Å². The topological polar surface area (TPSA) is 55.3 Å². The monoisotopic (exact) mass is 663 g/mol. The lowest BCUT2D eigenvalue weighted by atomic mass is 10.0. The van der Waals surface area contributed by atoms with Crippen LogP contribution in [-0.2, 0) is 0 Å². The third-order valence-electron chi connectivity index (χ3n) is 7.99. The molecule has 0 bridgehead atoms. The highest BCUT2D eigenvalue weighted by Gasteiger charge is 2.20. The number of fused-ring (bicyclic) bond motifs is 5. The molecule has 5 nitrogen and oxygen atoms in total. The lowest BCUT2D eigenvalue weighted by Crippen LogP contribution is -2.09. The molecule has 214 valence electrons. The average molecular weight is 665 g/mol. The second-order valence-corrected chi connectivity index (χ2v) is 12.8. The van der Waals surface area contributed by atoms with Gasteiger partial charge in [0.15, 0.2) is 10.7 Å². The number of para-hydroxylation sites is 3. The van der Waals surface area contributed by atoms with Gasteiger partial charge in [0.2, 0.25) is 5.89 Å². The van der Waals surface area contributed by atoms with Crippen LogP contribution in [0.3, 0.4) is 0 Å². The number of furan rings is 1. The van der Waals surface area contributed by atoms with E-state index in [4.69, 9.17) is 18.8 Å². The zero-order valence-corrected chi connectivity index (χ0v) is 26.0. The Bertz CT molecular complexity index is 2480. The minimum Gasteiger partial charge on any atom is -0.456 e. The van der Waals surface area contributed by atoms with E-state index in [-0.39, 0.29) is 0 Å². The lowest BCUT2D eigenvalue weighted by molar-refractivity contribution is 0.620. The third-order valence-corrected chi connectivity index (χ3v) is 9.50. The maximum absolute atomic E-state index is 6.31. The van der Waals surface area contributed by atoms with Crippen LogP contribution in [0.2, 0.25) is 0 Å². The predicted octanol–water partition coefficient (Wildman–Crippen LogP) is 11.9. The van der Waals surface area contributed by atoms with Gasteiger partial charge in [-0.15, -0.1) is 0 Å². The minimum atomic E-state index is 0.582. The quantitative estimate of drug-likeness (QED) is 0.183. The smallest absolute Gasteiger partial charge is 0.227 e. The van der Waals surface area contributed by atoms with Crippen LogP contribution in [-0.4, -0.2) is 9.97 Å². The van der Waals surface area contributed by atoms with Gasteiger partial charge in [-0.2, -0.15) is 0 Å². The fourth-order valence-corrected chi connectivity index (χ4v) is 7.26. The summed E-state index contributed by atoms with van der Waals surface area (Å²) < 4.78 is 14.6. The van der Waals surface area contributed by atoms with Gasteiger partial charge in [0.05, 0.1) is 10.2 Å². The van der Waals surface area contributed by atoms with Crippen LogP contribution in [0.1, 0.15) is 0 Å². The molecule has 0 spiro atoms. The second-order valence-electron chi connectivity index (χ2n) is 10.8. The number of thiazole rings is 1. The lowest BCUT2D eigenvalue weighted by Gasteiger charge is -2.22. The van der Waals surface area contributed by atoms with E-state index in [9.17, 15) is 0 Å². The van der Waals surface area contributed by atoms with E-state index in [1.807, 2.05) is 48.5 Å². The van der Waals surface area contributed by atoms with Gasteiger partial charge in [-0.3, -0.25) is 4.90 Å². The van der Waals surface area contributed by atoms with E-state index in [0.717, 1.165) is 80.9 Å². The first-order chi connectivity index (χ1) is 22.2. The number of nitrogens with zero attached hydrogens (tertiary/aromatic N) is 3. The summed E-state index contributed by atoms with van der Waals surface area (Å²) in [7, 11) is 0. The Hall–Kier alpha value is -5.24. The first-order valence-corrected chi connectivity index (χ1v) is 16.1. The molecule has 0 radical (unpaired) electrons. The fourth-order valence-electron chi connectivity index (χ4n) is 5.85. The van der Waals surface area contributed by atoms with Crippen molar-refractivity contribution < 1.29 is 8.83 Å². The van der Waals surface area contributed by atoms with Crippen LogP contribution < -0.4 is 4.90 Å². The van der Waals surface area contributed by atoms with Crippen molar-refractivity contribution in [3.05, 3.63) is 138 Å². The Kier molecular flexibility index (Phi) is 6.07. The van der Waals surface area contributed by atoms with Crippen molar-refractivity contribution in [3.8, 4) is 22.6 Å². The molecule has 0 N–H and O–H groups in total. The van der Waals surface area contributed by atoms with Crippen molar-refractivity contribution in [2.45, 2.75) is 0 Å². The number of hydrogen-bond acceptors (Lipinski definition) is 6. The molecule has 0 fully saturated rings. The molecule has 7 heteroatoms. The predicted molar refractivity (Wildman–Crippen MR) is 188 cm³/mol. The highest BCUT2D eigenvalue weighted by Crippen LogP contribution is 2.43. The number of anilines is 3. The number of halogens is 1. The van der Waals surface area contributed by atoms with Gasteiger partial charge in [0.25, 0.3) is 0 Å². The number of oxazole rings is 1. The molecular weight excluding hydrogens is 642 g/mol. The van der Waals surface area contributed by atoms with Crippen molar-refractivity contribution in [1.82, 2.24) is 9.97 Å². The number of benzene rings is 6. The zero-order valence-electron chi connectivity index (χ0n) is 23.6. The highest BCUT2D eigenvalue weighted by atomic mass is 79.9. The summed E-state index contributed by atoms with van der Waals surface area (Å²) in [6, 6.07) is 45.4. The van der Waals surface area contributed by atoms with E-state index in [2.05, 4.69) is 106 Å². The second kappa shape index (κ2) is 10.4. The Morgan fingerprint density at radius 2 is 1.27 bits per heavy atom.